The zero-order chi connectivity index (χ0) is 14.2. The number of aromatic nitrogens is 2. The second-order valence-corrected chi connectivity index (χ2v) is 5.56. The minimum Gasteiger partial charge on any atom is -0.310 e. The predicted molar refractivity (Wildman–Crippen MR) is 83.2 cm³/mol. The lowest BCUT2D eigenvalue weighted by Crippen LogP contribution is -2.35. The normalized spacial score (nSPS) is 11.9. The molecule has 1 aromatic heterocycles. The molecule has 102 valence electrons. The van der Waals surface area contributed by atoms with Gasteiger partial charge in [-0.1, -0.05) is 30.3 Å². The van der Waals surface area contributed by atoms with Crippen molar-refractivity contribution in [1.29, 1.82) is 0 Å². The first-order valence-corrected chi connectivity index (χ1v) is 6.83. The Morgan fingerprint density at radius 1 is 1.05 bits per heavy atom. The Bertz CT molecular complexity index is 741. The fourth-order valence-corrected chi connectivity index (χ4v) is 2.42. The Morgan fingerprint density at radius 2 is 1.80 bits per heavy atom. The molecule has 0 saturated heterocycles. The van der Waals surface area contributed by atoms with Gasteiger partial charge in [-0.15, -0.1) is 0 Å². The Labute approximate surface area is 119 Å². The van der Waals surface area contributed by atoms with Crippen molar-refractivity contribution in [2.24, 2.45) is 0 Å². The smallest absolute Gasteiger partial charge is 0.0994 e. The summed E-state index contributed by atoms with van der Waals surface area (Å²) in [4.78, 5) is 4.32. The molecule has 0 aliphatic rings. The van der Waals surface area contributed by atoms with E-state index < -0.39 is 0 Å². The highest BCUT2D eigenvalue weighted by atomic mass is 15.1. The van der Waals surface area contributed by atoms with Crippen molar-refractivity contribution >= 4 is 10.8 Å². The van der Waals surface area contributed by atoms with Gasteiger partial charge < -0.3 is 9.88 Å². The molecule has 0 radical (unpaired) electrons. The summed E-state index contributed by atoms with van der Waals surface area (Å²) in [5, 5.41) is 5.83. The van der Waals surface area contributed by atoms with Crippen LogP contribution in [0.3, 0.4) is 0 Å². The quantitative estimate of drug-likeness (QED) is 0.785. The highest BCUT2D eigenvalue weighted by Crippen LogP contribution is 2.24. The van der Waals surface area contributed by atoms with E-state index in [0.29, 0.717) is 0 Å². The number of fused-ring (bicyclic) bond motifs is 1. The molecule has 3 aromatic rings. The van der Waals surface area contributed by atoms with Gasteiger partial charge in [-0.05, 0) is 43.8 Å². The summed E-state index contributed by atoms with van der Waals surface area (Å²) in [7, 11) is 1.97. The first-order valence-electron chi connectivity index (χ1n) is 6.83. The molecule has 3 heteroatoms. The molecule has 0 amide bonds. The average molecular weight is 265 g/mol. The van der Waals surface area contributed by atoms with Crippen molar-refractivity contribution in [1.82, 2.24) is 14.9 Å². The third kappa shape index (κ3) is 2.10. The Balaban J connectivity index is 2.14. The van der Waals surface area contributed by atoms with Crippen molar-refractivity contribution in [3.05, 3.63) is 60.7 Å². The minimum absolute atomic E-state index is 0.123. The van der Waals surface area contributed by atoms with Crippen LogP contribution in [0.5, 0.6) is 0 Å². The first kappa shape index (κ1) is 12.9. The summed E-state index contributed by atoms with van der Waals surface area (Å²) in [6.45, 7) is 4.31. The van der Waals surface area contributed by atoms with Crippen LogP contribution >= 0.6 is 0 Å². The maximum Gasteiger partial charge on any atom is 0.0994 e. The maximum absolute atomic E-state index is 4.32. The van der Waals surface area contributed by atoms with E-state index in [1.54, 1.807) is 0 Å². The molecule has 1 heterocycles. The van der Waals surface area contributed by atoms with Gasteiger partial charge in [-0.2, -0.15) is 0 Å². The fourth-order valence-electron chi connectivity index (χ4n) is 2.42. The zero-order valence-corrected chi connectivity index (χ0v) is 12.1. The first-order chi connectivity index (χ1) is 9.62. The molecule has 2 aromatic carbocycles. The lowest BCUT2D eigenvalue weighted by atomic mass is 10.0. The van der Waals surface area contributed by atoms with Crippen molar-refractivity contribution in [3.8, 4) is 5.69 Å². The van der Waals surface area contributed by atoms with Crippen molar-refractivity contribution < 1.29 is 0 Å². The van der Waals surface area contributed by atoms with Gasteiger partial charge in [0.2, 0.25) is 0 Å². The molecule has 0 aliphatic heterocycles. The lowest BCUT2D eigenvalue weighted by molar-refractivity contribution is 0.425. The van der Waals surface area contributed by atoms with Crippen LogP contribution in [0, 0.1) is 0 Å². The SMILES string of the molecule is CNC(C)(C)c1cncn1-c1ccc2ccccc2c1. The number of benzene rings is 2. The summed E-state index contributed by atoms with van der Waals surface area (Å²) in [6.07, 6.45) is 3.80. The largest absolute Gasteiger partial charge is 0.310 e. The highest BCUT2D eigenvalue weighted by molar-refractivity contribution is 5.84. The van der Waals surface area contributed by atoms with Gasteiger partial charge in [0.15, 0.2) is 0 Å². The Kier molecular flexibility index (Phi) is 3.07. The lowest BCUT2D eigenvalue weighted by Gasteiger charge is -2.25. The summed E-state index contributed by atoms with van der Waals surface area (Å²) in [5.41, 5.74) is 2.16. The van der Waals surface area contributed by atoms with E-state index in [4.69, 9.17) is 0 Å². The maximum atomic E-state index is 4.32. The van der Waals surface area contributed by atoms with E-state index in [0.717, 1.165) is 11.4 Å². The third-order valence-electron chi connectivity index (χ3n) is 3.92. The summed E-state index contributed by atoms with van der Waals surface area (Å²) < 4.78 is 2.14. The van der Waals surface area contributed by atoms with Crippen LogP contribution in [0.1, 0.15) is 19.5 Å². The fraction of sp³-hybridized carbons (Fsp3) is 0.235. The van der Waals surface area contributed by atoms with Crippen LogP contribution in [0.4, 0.5) is 0 Å². The van der Waals surface area contributed by atoms with Crippen LogP contribution in [-0.2, 0) is 5.54 Å². The molecule has 0 spiro atoms. The molecule has 1 N–H and O–H groups in total. The molecule has 0 fully saturated rings. The average Bonchev–Trinajstić information content (AvgIpc) is 2.97. The van der Waals surface area contributed by atoms with E-state index in [1.807, 2.05) is 19.6 Å². The monoisotopic (exact) mass is 265 g/mol. The summed E-state index contributed by atoms with van der Waals surface area (Å²) >= 11 is 0. The van der Waals surface area contributed by atoms with Gasteiger partial charge in [0.05, 0.1) is 23.8 Å². The van der Waals surface area contributed by atoms with Crippen LogP contribution in [0.2, 0.25) is 0 Å². The minimum atomic E-state index is -0.123. The van der Waals surface area contributed by atoms with E-state index in [9.17, 15) is 0 Å². The molecular weight excluding hydrogens is 246 g/mol. The van der Waals surface area contributed by atoms with Gasteiger partial charge in [-0.25, -0.2) is 4.98 Å². The zero-order valence-electron chi connectivity index (χ0n) is 12.1. The Morgan fingerprint density at radius 3 is 2.55 bits per heavy atom. The number of hydrogen-bond donors (Lipinski definition) is 1. The highest BCUT2D eigenvalue weighted by Gasteiger charge is 2.22. The molecule has 3 nitrogen and oxygen atoms in total. The van der Waals surface area contributed by atoms with Gasteiger partial charge in [0.1, 0.15) is 0 Å². The standard InChI is InChI=1S/C17H19N3/c1-17(2,18-3)16-11-19-12-20(16)15-9-8-13-6-4-5-7-14(13)10-15/h4-12,18H,1-3H3. The Hall–Kier alpha value is -2.13. The van der Waals surface area contributed by atoms with Crippen molar-refractivity contribution in [2.75, 3.05) is 7.05 Å². The number of hydrogen-bond acceptors (Lipinski definition) is 2. The molecule has 3 rings (SSSR count). The summed E-state index contributed by atoms with van der Waals surface area (Å²) in [5.74, 6) is 0. The van der Waals surface area contributed by atoms with Crippen molar-refractivity contribution in [2.45, 2.75) is 19.4 Å². The topological polar surface area (TPSA) is 29.9 Å². The molecule has 0 atom stereocenters. The number of rotatable bonds is 3. The predicted octanol–water partition coefficient (Wildman–Crippen LogP) is 3.48. The number of nitrogens with one attached hydrogen (secondary N) is 1. The molecule has 0 aliphatic carbocycles. The van der Waals surface area contributed by atoms with Crippen LogP contribution < -0.4 is 5.32 Å². The van der Waals surface area contributed by atoms with E-state index >= 15 is 0 Å². The third-order valence-corrected chi connectivity index (χ3v) is 3.92. The van der Waals surface area contributed by atoms with Gasteiger partial charge in [0.25, 0.3) is 0 Å². The second kappa shape index (κ2) is 4.76. The van der Waals surface area contributed by atoms with Crippen molar-refractivity contribution in [3.63, 3.8) is 0 Å². The molecule has 0 unspecified atom stereocenters. The van der Waals surface area contributed by atoms with Crippen LogP contribution in [0.25, 0.3) is 16.5 Å². The molecule has 0 bridgehead atoms. The molecule has 20 heavy (non-hydrogen) atoms. The van der Waals surface area contributed by atoms with Gasteiger partial charge in [0, 0.05) is 5.69 Å². The van der Waals surface area contributed by atoms with E-state index in [1.165, 1.54) is 10.8 Å². The number of imidazole rings is 1. The van der Waals surface area contributed by atoms with Gasteiger partial charge >= 0.3 is 0 Å². The van der Waals surface area contributed by atoms with Gasteiger partial charge in [-0.3, -0.25) is 0 Å². The second-order valence-electron chi connectivity index (χ2n) is 5.56. The van der Waals surface area contributed by atoms with Crippen LogP contribution in [0.15, 0.2) is 55.0 Å². The van der Waals surface area contributed by atoms with E-state index in [-0.39, 0.29) is 5.54 Å². The van der Waals surface area contributed by atoms with Crippen LogP contribution in [-0.4, -0.2) is 16.6 Å². The molecule has 0 saturated carbocycles. The van der Waals surface area contributed by atoms with E-state index in [2.05, 4.69) is 71.2 Å². The number of nitrogens with zero attached hydrogens (tertiary/aromatic N) is 2. The summed E-state index contributed by atoms with van der Waals surface area (Å²) in [6, 6.07) is 14.9. The molecular formula is C17H19N3.